The highest BCUT2D eigenvalue weighted by atomic mass is 35.5. The number of thiophene rings is 1. The molecule has 0 radical (unpaired) electrons. The van der Waals surface area contributed by atoms with Crippen molar-refractivity contribution in [3.8, 4) is 5.06 Å². The number of rotatable bonds is 6. The lowest BCUT2D eigenvalue weighted by molar-refractivity contribution is 0.0527. The lowest BCUT2D eigenvalue weighted by Crippen LogP contribution is -2.07. The van der Waals surface area contributed by atoms with Gasteiger partial charge in [-0.05, 0) is 31.5 Å². The Hall–Kier alpha value is -1.72. The van der Waals surface area contributed by atoms with Crippen LogP contribution >= 0.6 is 22.9 Å². The van der Waals surface area contributed by atoms with Crippen molar-refractivity contribution in [1.82, 2.24) is 0 Å². The van der Waals surface area contributed by atoms with Gasteiger partial charge in [-0.3, -0.25) is 0 Å². The summed E-state index contributed by atoms with van der Waals surface area (Å²) in [6, 6.07) is 7.63. The van der Waals surface area contributed by atoms with Gasteiger partial charge in [-0.15, -0.1) is 0 Å². The fourth-order valence-electron chi connectivity index (χ4n) is 2.02. The molecule has 4 nitrogen and oxygen atoms in total. The molecule has 0 saturated heterocycles. The first-order valence-electron chi connectivity index (χ1n) is 6.96. The summed E-state index contributed by atoms with van der Waals surface area (Å²) in [5, 5.41) is 1.80. The number of ether oxygens (including phenoxy) is 2. The molecule has 0 fully saturated rings. The van der Waals surface area contributed by atoms with Crippen LogP contribution in [0.2, 0.25) is 5.02 Å². The van der Waals surface area contributed by atoms with Gasteiger partial charge in [-0.2, -0.15) is 0 Å². The van der Waals surface area contributed by atoms with Crippen molar-refractivity contribution < 1.29 is 14.3 Å². The largest absolute Gasteiger partial charge is 0.483 e. The fourth-order valence-corrected chi connectivity index (χ4v) is 3.08. The van der Waals surface area contributed by atoms with Gasteiger partial charge < -0.3 is 15.2 Å². The van der Waals surface area contributed by atoms with Gasteiger partial charge in [0.15, 0.2) is 5.06 Å². The zero-order valence-corrected chi connectivity index (χ0v) is 14.1. The molecule has 0 saturated carbocycles. The molecule has 118 valence electrons. The number of anilines is 1. The second-order valence-electron chi connectivity index (χ2n) is 4.70. The van der Waals surface area contributed by atoms with E-state index in [0.29, 0.717) is 33.9 Å². The third-order valence-electron chi connectivity index (χ3n) is 3.15. The van der Waals surface area contributed by atoms with E-state index in [1.807, 2.05) is 31.2 Å². The van der Waals surface area contributed by atoms with Crippen LogP contribution in [0.4, 0.5) is 5.00 Å². The van der Waals surface area contributed by atoms with Gasteiger partial charge in [0.25, 0.3) is 0 Å². The molecule has 22 heavy (non-hydrogen) atoms. The molecule has 2 rings (SSSR count). The first kappa shape index (κ1) is 16.6. The lowest BCUT2D eigenvalue weighted by atomic mass is 10.2. The van der Waals surface area contributed by atoms with Gasteiger partial charge in [0.05, 0.1) is 13.2 Å². The summed E-state index contributed by atoms with van der Waals surface area (Å²) in [4.78, 5) is 11.9. The number of benzene rings is 1. The second-order valence-corrected chi connectivity index (χ2v) is 6.15. The van der Waals surface area contributed by atoms with Crippen molar-refractivity contribution in [2.75, 3.05) is 18.9 Å². The van der Waals surface area contributed by atoms with Gasteiger partial charge in [0, 0.05) is 17.0 Å². The van der Waals surface area contributed by atoms with E-state index in [2.05, 4.69) is 0 Å². The average Bonchev–Trinajstić information content (AvgIpc) is 2.76. The zero-order chi connectivity index (χ0) is 16.1. The minimum Gasteiger partial charge on any atom is -0.483 e. The smallest absolute Gasteiger partial charge is 0.341 e. The van der Waals surface area contributed by atoms with Crippen molar-refractivity contribution in [3.05, 3.63) is 46.0 Å². The van der Waals surface area contributed by atoms with Crippen LogP contribution in [0.5, 0.6) is 5.06 Å². The highest BCUT2D eigenvalue weighted by Crippen LogP contribution is 2.37. The number of carbonyl (C=O) groups excluding carboxylic acids is 1. The molecule has 6 heteroatoms. The third-order valence-corrected chi connectivity index (χ3v) is 4.43. The SMILES string of the molecule is CCOC(=O)c1c(N)sc(OCCc2ccc(Cl)cc2)c1C. The molecule has 0 spiro atoms. The Kier molecular flexibility index (Phi) is 5.69. The van der Waals surface area contributed by atoms with E-state index < -0.39 is 5.97 Å². The van der Waals surface area contributed by atoms with E-state index in [4.69, 9.17) is 26.8 Å². The normalized spacial score (nSPS) is 10.5. The van der Waals surface area contributed by atoms with Gasteiger partial charge in [-0.1, -0.05) is 35.1 Å². The molecular formula is C16H18ClNO3S. The van der Waals surface area contributed by atoms with Gasteiger partial charge in [-0.25, -0.2) is 4.79 Å². The summed E-state index contributed by atoms with van der Waals surface area (Å²) in [6.45, 7) is 4.40. The maximum Gasteiger partial charge on any atom is 0.341 e. The number of esters is 1. The summed E-state index contributed by atoms with van der Waals surface area (Å²) >= 11 is 7.12. The van der Waals surface area contributed by atoms with Crippen LogP contribution in [0.25, 0.3) is 0 Å². The molecule has 0 aliphatic rings. The van der Waals surface area contributed by atoms with Crippen molar-refractivity contribution in [2.45, 2.75) is 20.3 Å². The average molecular weight is 340 g/mol. The molecule has 1 aromatic carbocycles. The Balaban J connectivity index is 2.00. The summed E-state index contributed by atoms with van der Waals surface area (Å²) in [7, 11) is 0. The Bertz CT molecular complexity index is 652. The molecule has 2 N–H and O–H groups in total. The standard InChI is InChI=1S/C16H18ClNO3S/c1-3-20-15(19)13-10(2)16(22-14(13)18)21-9-8-11-4-6-12(17)7-5-11/h4-7H,3,8-9,18H2,1-2H3. The zero-order valence-electron chi connectivity index (χ0n) is 12.5. The molecule has 0 amide bonds. The number of carbonyl (C=O) groups is 1. The molecule has 0 aliphatic carbocycles. The quantitative estimate of drug-likeness (QED) is 0.805. The molecular weight excluding hydrogens is 322 g/mol. The number of halogens is 1. The molecule has 0 bridgehead atoms. The number of nitrogens with two attached hydrogens (primary N) is 1. The van der Waals surface area contributed by atoms with Crippen LogP contribution < -0.4 is 10.5 Å². The second kappa shape index (κ2) is 7.51. The van der Waals surface area contributed by atoms with E-state index >= 15 is 0 Å². The van der Waals surface area contributed by atoms with Crippen molar-refractivity contribution >= 4 is 33.9 Å². The Morgan fingerprint density at radius 1 is 1.32 bits per heavy atom. The highest BCUT2D eigenvalue weighted by Gasteiger charge is 2.21. The van der Waals surface area contributed by atoms with Crippen molar-refractivity contribution in [3.63, 3.8) is 0 Å². The molecule has 2 aromatic rings. The summed E-state index contributed by atoms with van der Waals surface area (Å²) in [6.07, 6.45) is 0.753. The van der Waals surface area contributed by atoms with Crippen molar-refractivity contribution in [2.24, 2.45) is 0 Å². The van der Waals surface area contributed by atoms with Gasteiger partial charge >= 0.3 is 5.97 Å². The predicted molar refractivity (Wildman–Crippen MR) is 90.1 cm³/mol. The van der Waals surface area contributed by atoms with Crippen LogP contribution in [0, 0.1) is 6.92 Å². The van der Waals surface area contributed by atoms with Gasteiger partial charge in [0.2, 0.25) is 0 Å². The maximum absolute atomic E-state index is 11.9. The number of hydrogen-bond acceptors (Lipinski definition) is 5. The van der Waals surface area contributed by atoms with Crippen LogP contribution in [-0.4, -0.2) is 19.2 Å². The highest BCUT2D eigenvalue weighted by molar-refractivity contribution is 7.18. The maximum atomic E-state index is 11.9. The summed E-state index contributed by atoms with van der Waals surface area (Å²) < 4.78 is 10.8. The first-order valence-corrected chi connectivity index (χ1v) is 8.15. The van der Waals surface area contributed by atoms with Crippen LogP contribution in [0.15, 0.2) is 24.3 Å². The Morgan fingerprint density at radius 3 is 2.64 bits per heavy atom. The first-order chi connectivity index (χ1) is 10.5. The predicted octanol–water partition coefficient (Wildman–Crippen LogP) is 4.09. The fraction of sp³-hybridized carbons (Fsp3) is 0.312. The molecule has 1 heterocycles. The Labute approximate surface area is 138 Å². The van der Waals surface area contributed by atoms with E-state index in [1.165, 1.54) is 11.3 Å². The minimum atomic E-state index is -0.402. The van der Waals surface area contributed by atoms with E-state index in [1.54, 1.807) is 6.92 Å². The van der Waals surface area contributed by atoms with E-state index in [9.17, 15) is 4.79 Å². The van der Waals surface area contributed by atoms with Crippen LogP contribution in [0.3, 0.4) is 0 Å². The summed E-state index contributed by atoms with van der Waals surface area (Å²) in [5.41, 5.74) is 8.18. The van der Waals surface area contributed by atoms with Gasteiger partial charge in [0.1, 0.15) is 10.6 Å². The number of hydrogen-bond donors (Lipinski definition) is 1. The van der Waals surface area contributed by atoms with Crippen LogP contribution in [0.1, 0.15) is 28.4 Å². The van der Waals surface area contributed by atoms with Crippen LogP contribution in [-0.2, 0) is 11.2 Å². The third kappa shape index (κ3) is 3.93. The molecule has 0 unspecified atom stereocenters. The monoisotopic (exact) mass is 339 g/mol. The van der Waals surface area contributed by atoms with E-state index in [0.717, 1.165) is 17.5 Å². The van der Waals surface area contributed by atoms with Crippen molar-refractivity contribution in [1.29, 1.82) is 0 Å². The lowest BCUT2D eigenvalue weighted by Gasteiger charge is -2.06. The topological polar surface area (TPSA) is 61.5 Å². The number of nitrogen functional groups attached to an aromatic ring is 1. The minimum absolute atomic E-state index is 0.320. The molecule has 0 aliphatic heterocycles. The molecule has 1 aromatic heterocycles. The molecule has 0 atom stereocenters. The van der Waals surface area contributed by atoms with E-state index in [-0.39, 0.29) is 0 Å². The summed E-state index contributed by atoms with van der Waals surface area (Å²) in [5.74, 6) is -0.402. The Morgan fingerprint density at radius 2 is 2.00 bits per heavy atom.